The first kappa shape index (κ1) is 19.2. The van der Waals surface area contributed by atoms with E-state index in [9.17, 15) is 5.11 Å². The second-order valence-corrected chi connectivity index (χ2v) is 5.15. The van der Waals surface area contributed by atoms with Gasteiger partial charge in [-0.3, -0.25) is 4.40 Å². The van der Waals surface area contributed by atoms with Crippen molar-refractivity contribution in [2.24, 2.45) is 4.99 Å². The Hall–Kier alpha value is -2.14. The van der Waals surface area contributed by atoms with E-state index in [0.717, 1.165) is 11.5 Å². The molecule has 0 spiro atoms. The van der Waals surface area contributed by atoms with Crippen LogP contribution in [-0.4, -0.2) is 38.8 Å². The summed E-state index contributed by atoms with van der Waals surface area (Å²) >= 11 is 0. The molecule has 0 aromatic carbocycles. The van der Waals surface area contributed by atoms with Crippen LogP contribution in [0.3, 0.4) is 0 Å². The van der Waals surface area contributed by atoms with Crippen LogP contribution in [0.2, 0.25) is 0 Å². The Balaban J connectivity index is 0.00000225. The van der Waals surface area contributed by atoms with Gasteiger partial charge in [0.05, 0.1) is 12.8 Å². The molecule has 3 heterocycles. The van der Waals surface area contributed by atoms with Crippen molar-refractivity contribution < 1.29 is 9.52 Å². The molecule has 0 aliphatic rings. The molecule has 0 aliphatic heterocycles. The topological polar surface area (TPSA) is 100.0 Å². The first-order valence-electron chi connectivity index (χ1n) is 7.80. The van der Waals surface area contributed by atoms with E-state index in [4.69, 9.17) is 4.42 Å². The maximum atomic E-state index is 10.1. The molecule has 0 radical (unpaired) electrons. The van der Waals surface area contributed by atoms with Crippen LogP contribution in [0, 0.1) is 0 Å². The molecule has 0 amide bonds. The molecular weight excluding hydrogens is 435 g/mol. The van der Waals surface area contributed by atoms with Gasteiger partial charge in [0, 0.05) is 12.7 Å². The number of fused-ring (bicyclic) bond motifs is 1. The molecule has 3 aromatic heterocycles. The predicted molar refractivity (Wildman–Crippen MR) is 105 cm³/mol. The molecule has 3 aromatic rings. The van der Waals surface area contributed by atoms with Gasteiger partial charge in [0.1, 0.15) is 18.4 Å². The lowest BCUT2D eigenvalue weighted by atomic mass is 10.3. The number of furan rings is 1. The zero-order valence-electron chi connectivity index (χ0n) is 13.8. The van der Waals surface area contributed by atoms with Crippen molar-refractivity contribution in [1.29, 1.82) is 0 Å². The number of nitrogens with one attached hydrogen (secondary N) is 2. The maximum absolute atomic E-state index is 10.1. The molecule has 9 heteroatoms. The fourth-order valence-corrected chi connectivity index (χ4v) is 2.27. The van der Waals surface area contributed by atoms with Crippen molar-refractivity contribution in [3.8, 4) is 0 Å². The molecule has 25 heavy (non-hydrogen) atoms. The van der Waals surface area contributed by atoms with Gasteiger partial charge in [0.25, 0.3) is 0 Å². The highest BCUT2D eigenvalue weighted by molar-refractivity contribution is 14.0. The molecule has 0 saturated heterocycles. The van der Waals surface area contributed by atoms with Crippen LogP contribution in [0.5, 0.6) is 0 Å². The summed E-state index contributed by atoms with van der Waals surface area (Å²) in [4.78, 5) is 4.49. The van der Waals surface area contributed by atoms with E-state index < -0.39 is 6.10 Å². The number of hydrogen-bond donors (Lipinski definition) is 3. The van der Waals surface area contributed by atoms with Crippen molar-refractivity contribution >= 4 is 35.6 Å². The average Bonchev–Trinajstić information content (AvgIpc) is 3.27. The summed E-state index contributed by atoms with van der Waals surface area (Å²) < 4.78 is 7.08. The summed E-state index contributed by atoms with van der Waals surface area (Å²) in [6.07, 6.45) is 2.70. The van der Waals surface area contributed by atoms with Crippen LogP contribution in [0.1, 0.15) is 24.6 Å². The van der Waals surface area contributed by atoms with E-state index in [1.165, 1.54) is 6.26 Å². The molecule has 0 saturated carbocycles. The van der Waals surface area contributed by atoms with Crippen molar-refractivity contribution in [2.45, 2.75) is 19.6 Å². The van der Waals surface area contributed by atoms with E-state index in [1.54, 1.807) is 12.1 Å². The highest BCUT2D eigenvalue weighted by Crippen LogP contribution is 2.11. The maximum Gasteiger partial charge on any atom is 0.191 e. The molecule has 0 aliphatic carbocycles. The second-order valence-electron chi connectivity index (χ2n) is 5.15. The lowest BCUT2D eigenvalue weighted by Crippen LogP contribution is -2.39. The lowest BCUT2D eigenvalue weighted by Gasteiger charge is -2.13. The number of aliphatic hydroxyl groups is 1. The predicted octanol–water partition coefficient (Wildman–Crippen LogP) is 1.73. The normalized spacial score (nSPS) is 12.6. The Morgan fingerprint density at radius 1 is 1.28 bits per heavy atom. The lowest BCUT2D eigenvalue weighted by molar-refractivity contribution is 0.153. The number of rotatable bonds is 6. The van der Waals surface area contributed by atoms with Gasteiger partial charge in [-0.25, -0.2) is 4.99 Å². The highest BCUT2D eigenvalue weighted by Gasteiger charge is 2.11. The van der Waals surface area contributed by atoms with Crippen molar-refractivity contribution in [2.75, 3.05) is 13.1 Å². The second kappa shape index (κ2) is 9.37. The number of pyridine rings is 1. The Morgan fingerprint density at radius 3 is 2.92 bits per heavy atom. The molecule has 8 nitrogen and oxygen atoms in total. The smallest absolute Gasteiger partial charge is 0.191 e. The first-order chi connectivity index (χ1) is 11.8. The Kier molecular flexibility index (Phi) is 7.19. The third-order valence-electron chi connectivity index (χ3n) is 3.44. The van der Waals surface area contributed by atoms with Gasteiger partial charge in [-0.1, -0.05) is 6.07 Å². The molecule has 0 fully saturated rings. The molecule has 3 N–H and O–H groups in total. The summed E-state index contributed by atoms with van der Waals surface area (Å²) in [5, 5.41) is 24.5. The van der Waals surface area contributed by atoms with Gasteiger partial charge in [-0.15, -0.1) is 34.2 Å². The van der Waals surface area contributed by atoms with Gasteiger partial charge in [-0.2, -0.15) is 0 Å². The standard InChI is InChI=1S/C16H20N6O2.HI/c1-2-17-16(18-10-12(23)13-6-5-9-24-13)19-11-15-21-20-14-7-3-4-8-22(14)15;/h3-9,12,23H,2,10-11H2,1H3,(H2,17,18,19);1H. The van der Waals surface area contributed by atoms with Crippen molar-refractivity contribution in [3.63, 3.8) is 0 Å². The highest BCUT2D eigenvalue weighted by atomic mass is 127. The van der Waals surface area contributed by atoms with E-state index >= 15 is 0 Å². The van der Waals surface area contributed by atoms with E-state index in [-0.39, 0.29) is 24.0 Å². The zero-order chi connectivity index (χ0) is 16.8. The van der Waals surface area contributed by atoms with Crippen LogP contribution in [0.25, 0.3) is 5.65 Å². The molecular formula is C16H21IN6O2. The van der Waals surface area contributed by atoms with Crippen molar-refractivity contribution in [3.05, 3.63) is 54.4 Å². The van der Waals surface area contributed by atoms with Gasteiger partial charge < -0.3 is 20.2 Å². The zero-order valence-corrected chi connectivity index (χ0v) is 16.1. The number of nitrogens with zero attached hydrogens (tertiary/aromatic N) is 4. The van der Waals surface area contributed by atoms with Crippen LogP contribution in [0.4, 0.5) is 0 Å². The largest absolute Gasteiger partial charge is 0.467 e. The average molecular weight is 456 g/mol. The van der Waals surface area contributed by atoms with Crippen molar-refractivity contribution in [1.82, 2.24) is 25.2 Å². The SMILES string of the molecule is CCNC(=NCc1nnc2ccccn12)NCC(O)c1ccco1.I. The van der Waals surface area contributed by atoms with Gasteiger partial charge in [0.15, 0.2) is 17.4 Å². The van der Waals surface area contributed by atoms with Crippen LogP contribution < -0.4 is 10.6 Å². The molecule has 1 unspecified atom stereocenters. The van der Waals surface area contributed by atoms with Gasteiger partial charge in [-0.05, 0) is 31.2 Å². The van der Waals surface area contributed by atoms with E-state index in [1.807, 2.05) is 35.7 Å². The fourth-order valence-electron chi connectivity index (χ4n) is 2.27. The Morgan fingerprint density at radius 2 is 2.16 bits per heavy atom. The third-order valence-corrected chi connectivity index (χ3v) is 3.44. The van der Waals surface area contributed by atoms with Gasteiger partial charge in [0.2, 0.25) is 0 Å². The Bertz CT molecular complexity index is 802. The minimum Gasteiger partial charge on any atom is -0.467 e. The summed E-state index contributed by atoms with van der Waals surface area (Å²) in [6.45, 7) is 3.35. The van der Waals surface area contributed by atoms with E-state index in [2.05, 4.69) is 25.8 Å². The van der Waals surface area contributed by atoms with Crippen LogP contribution in [-0.2, 0) is 6.54 Å². The Labute approximate surface area is 162 Å². The number of aliphatic imine (C=N–C) groups is 1. The molecule has 1 atom stereocenters. The number of aliphatic hydroxyl groups excluding tert-OH is 1. The first-order valence-corrected chi connectivity index (χ1v) is 7.80. The number of hydrogen-bond acceptors (Lipinski definition) is 5. The van der Waals surface area contributed by atoms with Gasteiger partial charge >= 0.3 is 0 Å². The molecule has 134 valence electrons. The minimum atomic E-state index is -0.738. The van der Waals surface area contributed by atoms with E-state index in [0.29, 0.717) is 31.4 Å². The number of halogens is 1. The summed E-state index contributed by atoms with van der Waals surface area (Å²) in [7, 11) is 0. The number of aromatic nitrogens is 3. The monoisotopic (exact) mass is 456 g/mol. The van der Waals surface area contributed by atoms with Crippen LogP contribution in [0.15, 0.2) is 52.2 Å². The fraction of sp³-hybridized carbons (Fsp3) is 0.312. The summed E-state index contributed by atoms with van der Waals surface area (Å²) in [6, 6.07) is 9.21. The number of guanidine groups is 1. The molecule has 3 rings (SSSR count). The molecule has 0 bridgehead atoms. The minimum absolute atomic E-state index is 0. The summed E-state index contributed by atoms with van der Waals surface area (Å²) in [5.74, 6) is 1.85. The van der Waals surface area contributed by atoms with Crippen LogP contribution >= 0.6 is 24.0 Å². The third kappa shape index (κ3) is 4.92. The quantitative estimate of drug-likeness (QED) is 0.297. The summed E-state index contributed by atoms with van der Waals surface area (Å²) in [5.41, 5.74) is 0.786.